The monoisotopic (exact) mass is 297 g/mol. The topological polar surface area (TPSA) is 97.5 Å². The quantitative estimate of drug-likeness (QED) is 0.714. The standard InChI is InChI=1S/C15H11N3O4/c19-13-6-3-7-17-15(21)11-4-1-2-5-12(11)22-9-8-16-14(20)10-18-13/h1-8,10H,9H2/b6-3-,16-8?,17-7?,18-10?. The van der Waals surface area contributed by atoms with Crippen molar-refractivity contribution in [2.24, 2.45) is 15.0 Å². The Morgan fingerprint density at radius 2 is 1.77 bits per heavy atom. The summed E-state index contributed by atoms with van der Waals surface area (Å²) in [4.78, 5) is 45.1. The normalized spacial score (nSPS) is 17.4. The third kappa shape index (κ3) is 4.41. The van der Waals surface area contributed by atoms with E-state index in [9.17, 15) is 14.4 Å². The molecule has 2 rings (SSSR count). The molecule has 1 aliphatic heterocycles. The van der Waals surface area contributed by atoms with E-state index < -0.39 is 17.7 Å². The highest BCUT2D eigenvalue weighted by molar-refractivity contribution is 6.30. The number of amides is 3. The Balaban J connectivity index is 2.31. The van der Waals surface area contributed by atoms with Gasteiger partial charge in [0.15, 0.2) is 0 Å². The van der Waals surface area contributed by atoms with E-state index in [1.807, 2.05) is 0 Å². The first-order valence-corrected chi connectivity index (χ1v) is 6.28. The van der Waals surface area contributed by atoms with Crippen molar-refractivity contribution in [1.82, 2.24) is 0 Å². The number of hydrogen-bond acceptors (Lipinski definition) is 4. The van der Waals surface area contributed by atoms with Gasteiger partial charge in [-0.15, -0.1) is 0 Å². The van der Waals surface area contributed by atoms with Crippen LogP contribution in [-0.2, 0) is 9.59 Å². The summed E-state index contributed by atoms with van der Waals surface area (Å²) >= 11 is 0. The van der Waals surface area contributed by atoms with Crippen LogP contribution in [0.2, 0.25) is 0 Å². The van der Waals surface area contributed by atoms with Gasteiger partial charge in [-0.1, -0.05) is 12.1 Å². The number of fused-ring (bicyclic) bond motifs is 1. The zero-order valence-corrected chi connectivity index (χ0v) is 11.4. The van der Waals surface area contributed by atoms with Crippen LogP contribution in [-0.4, -0.2) is 43.0 Å². The van der Waals surface area contributed by atoms with Crippen LogP contribution in [0.1, 0.15) is 10.4 Å². The largest absolute Gasteiger partial charge is 0.487 e. The lowest BCUT2D eigenvalue weighted by atomic mass is 10.2. The zero-order chi connectivity index (χ0) is 15.8. The van der Waals surface area contributed by atoms with E-state index in [0.29, 0.717) is 5.75 Å². The molecule has 0 N–H and O–H groups in total. The minimum atomic E-state index is -0.682. The molecule has 0 saturated carbocycles. The van der Waals surface area contributed by atoms with E-state index >= 15 is 0 Å². The first-order chi connectivity index (χ1) is 10.7. The van der Waals surface area contributed by atoms with Gasteiger partial charge in [0.1, 0.15) is 12.4 Å². The fourth-order valence-corrected chi connectivity index (χ4v) is 1.52. The van der Waals surface area contributed by atoms with Crippen LogP contribution in [0.25, 0.3) is 0 Å². The molecule has 0 spiro atoms. The number of nitrogens with zero attached hydrogens (tertiary/aromatic N) is 3. The van der Waals surface area contributed by atoms with Crippen LogP contribution in [0, 0.1) is 0 Å². The Bertz CT molecular complexity index is 717. The van der Waals surface area contributed by atoms with Gasteiger partial charge in [-0.2, -0.15) is 0 Å². The summed E-state index contributed by atoms with van der Waals surface area (Å²) in [6, 6.07) is 6.55. The lowest BCUT2D eigenvalue weighted by molar-refractivity contribution is -0.114. The second-order valence-electron chi connectivity index (χ2n) is 4.00. The summed E-state index contributed by atoms with van der Waals surface area (Å²) in [7, 11) is 0. The van der Waals surface area contributed by atoms with Crippen molar-refractivity contribution in [2.75, 3.05) is 6.61 Å². The van der Waals surface area contributed by atoms with Gasteiger partial charge in [-0.3, -0.25) is 14.4 Å². The van der Waals surface area contributed by atoms with Gasteiger partial charge in [0, 0.05) is 18.5 Å². The number of carbonyl (C=O) groups is 3. The highest BCUT2D eigenvalue weighted by atomic mass is 16.5. The molecule has 0 bridgehead atoms. The molecule has 0 fully saturated rings. The second kappa shape index (κ2) is 7.53. The lowest BCUT2D eigenvalue weighted by Gasteiger charge is -2.06. The third-order valence-electron chi connectivity index (χ3n) is 2.47. The molecular weight excluding hydrogens is 286 g/mol. The molecule has 3 amide bonds. The van der Waals surface area contributed by atoms with Crippen LogP contribution in [0.15, 0.2) is 51.4 Å². The molecule has 0 radical (unpaired) electrons. The molecule has 1 aliphatic rings. The van der Waals surface area contributed by atoms with Crippen LogP contribution < -0.4 is 4.74 Å². The Hall–Kier alpha value is -3.22. The average Bonchev–Trinajstić information content (AvgIpc) is 2.53. The first kappa shape index (κ1) is 15.2. The van der Waals surface area contributed by atoms with E-state index in [1.54, 1.807) is 24.3 Å². The fourth-order valence-electron chi connectivity index (χ4n) is 1.52. The third-order valence-corrected chi connectivity index (χ3v) is 2.47. The van der Waals surface area contributed by atoms with Gasteiger partial charge in [0.2, 0.25) is 0 Å². The average molecular weight is 297 g/mol. The summed E-state index contributed by atoms with van der Waals surface area (Å²) in [6.45, 7) is -0.0141. The number of allylic oxidation sites excluding steroid dienone is 1. The first-order valence-electron chi connectivity index (χ1n) is 6.28. The molecule has 0 aliphatic carbocycles. The smallest absolute Gasteiger partial charge is 0.288 e. The Morgan fingerprint density at radius 3 is 2.64 bits per heavy atom. The molecule has 7 nitrogen and oxygen atoms in total. The number of para-hydroxylation sites is 1. The maximum absolute atomic E-state index is 12.0. The number of hydrogen-bond donors (Lipinski definition) is 0. The van der Waals surface area contributed by atoms with Crippen molar-refractivity contribution >= 4 is 36.4 Å². The SMILES string of the molecule is O=C1C=NC(=O)/C=C\C=NC(=O)c2ccccc2OCC=N1. The highest BCUT2D eigenvalue weighted by Crippen LogP contribution is 2.18. The van der Waals surface area contributed by atoms with Crippen LogP contribution in [0.3, 0.4) is 0 Å². The molecule has 0 saturated heterocycles. The molecule has 1 aromatic carbocycles. The van der Waals surface area contributed by atoms with Crippen molar-refractivity contribution in [3.05, 3.63) is 42.0 Å². The summed E-state index contributed by atoms with van der Waals surface area (Å²) in [6.07, 6.45) is 5.53. The molecule has 0 unspecified atom stereocenters. The highest BCUT2D eigenvalue weighted by Gasteiger charge is 2.10. The minimum Gasteiger partial charge on any atom is -0.487 e. The van der Waals surface area contributed by atoms with Crippen molar-refractivity contribution in [3.8, 4) is 5.75 Å². The van der Waals surface area contributed by atoms with Crippen molar-refractivity contribution < 1.29 is 19.1 Å². The van der Waals surface area contributed by atoms with Crippen LogP contribution in [0.5, 0.6) is 5.75 Å². The van der Waals surface area contributed by atoms with Crippen molar-refractivity contribution in [3.63, 3.8) is 0 Å². The van der Waals surface area contributed by atoms with E-state index in [4.69, 9.17) is 4.74 Å². The Labute approximate surface area is 125 Å². The van der Waals surface area contributed by atoms with Gasteiger partial charge in [0.25, 0.3) is 17.7 Å². The Kier molecular flexibility index (Phi) is 5.20. The number of carbonyl (C=O) groups excluding carboxylic acids is 3. The summed E-state index contributed by atoms with van der Waals surface area (Å²) in [5.74, 6) is -1.53. The van der Waals surface area contributed by atoms with Crippen LogP contribution >= 0.6 is 0 Å². The van der Waals surface area contributed by atoms with Crippen molar-refractivity contribution in [1.29, 1.82) is 0 Å². The predicted octanol–water partition coefficient (Wildman–Crippen LogP) is 1.04. The zero-order valence-electron chi connectivity index (χ0n) is 11.4. The van der Waals surface area contributed by atoms with Gasteiger partial charge in [-0.25, -0.2) is 15.0 Å². The summed E-state index contributed by atoms with van der Waals surface area (Å²) < 4.78 is 5.38. The fraction of sp³-hybridized carbons (Fsp3) is 0.0667. The molecule has 1 heterocycles. The van der Waals surface area contributed by atoms with E-state index in [0.717, 1.165) is 12.3 Å². The lowest BCUT2D eigenvalue weighted by Crippen LogP contribution is -2.06. The van der Waals surface area contributed by atoms with Gasteiger partial charge < -0.3 is 4.74 Å². The molecule has 7 heteroatoms. The molecule has 110 valence electrons. The maximum atomic E-state index is 12.0. The minimum absolute atomic E-state index is 0.0141. The molecule has 0 atom stereocenters. The van der Waals surface area contributed by atoms with Crippen molar-refractivity contribution in [2.45, 2.75) is 0 Å². The number of aliphatic imine (C=N–C) groups is 3. The number of rotatable bonds is 0. The van der Waals surface area contributed by atoms with Gasteiger partial charge in [-0.05, 0) is 18.2 Å². The maximum Gasteiger partial charge on any atom is 0.288 e. The molecule has 0 aromatic heterocycles. The summed E-state index contributed by atoms with van der Waals surface area (Å²) in [5.41, 5.74) is 0.268. The molecular formula is C15H11N3O4. The molecule has 1 aromatic rings. The number of ether oxygens (including phenoxy) is 1. The second-order valence-corrected chi connectivity index (χ2v) is 4.00. The Morgan fingerprint density at radius 1 is 0.955 bits per heavy atom. The van der Waals surface area contributed by atoms with E-state index in [-0.39, 0.29) is 12.2 Å². The van der Waals surface area contributed by atoms with Crippen LogP contribution in [0.4, 0.5) is 0 Å². The van der Waals surface area contributed by atoms with E-state index in [1.165, 1.54) is 18.5 Å². The number of benzene rings is 1. The van der Waals surface area contributed by atoms with Gasteiger partial charge in [0.05, 0.1) is 11.8 Å². The predicted molar refractivity (Wildman–Crippen MR) is 80.9 cm³/mol. The summed E-state index contributed by atoms with van der Waals surface area (Å²) in [5, 5.41) is 0. The van der Waals surface area contributed by atoms with Gasteiger partial charge >= 0.3 is 0 Å². The van der Waals surface area contributed by atoms with E-state index in [2.05, 4.69) is 15.0 Å². The molecule has 22 heavy (non-hydrogen) atoms.